The van der Waals surface area contributed by atoms with E-state index < -0.39 is 10.0 Å². The maximum atomic E-state index is 12.1. The minimum atomic E-state index is -3.74. The van der Waals surface area contributed by atoms with Crippen molar-refractivity contribution in [1.29, 1.82) is 0 Å². The van der Waals surface area contributed by atoms with Gasteiger partial charge in [0.25, 0.3) is 0 Å². The number of sulfonamides is 1. The van der Waals surface area contributed by atoms with Crippen molar-refractivity contribution in [1.82, 2.24) is 5.32 Å². The van der Waals surface area contributed by atoms with E-state index in [1.165, 1.54) is 12.1 Å². The van der Waals surface area contributed by atoms with Gasteiger partial charge in [0, 0.05) is 18.2 Å². The monoisotopic (exact) mass is 401 g/mol. The Hall–Kier alpha value is -2.71. The maximum absolute atomic E-state index is 12.1. The van der Waals surface area contributed by atoms with Gasteiger partial charge < -0.3 is 10.6 Å². The zero-order chi connectivity index (χ0) is 20.1. The highest BCUT2D eigenvalue weighted by atomic mass is 32.2. The van der Waals surface area contributed by atoms with Crippen LogP contribution < -0.4 is 15.8 Å². The molecule has 3 rings (SSSR count). The van der Waals surface area contributed by atoms with E-state index in [4.69, 9.17) is 5.14 Å². The van der Waals surface area contributed by atoms with E-state index in [0.717, 1.165) is 30.5 Å². The Balaban J connectivity index is 1.51. The Morgan fingerprint density at radius 1 is 1.04 bits per heavy atom. The summed E-state index contributed by atoms with van der Waals surface area (Å²) in [6, 6.07) is 13.3. The highest BCUT2D eigenvalue weighted by Crippen LogP contribution is 2.27. The Morgan fingerprint density at radius 3 is 2.36 bits per heavy atom. The molecule has 0 saturated heterocycles. The number of nitrogens with one attached hydrogen (secondary N) is 2. The van der Waals surface area contributed by atoms with Gasteiger partial charge in [-0.15, -0.1) is 0 Å². The largest absolute Gasteiger partial charge is 0.352 e. The van der Waals surface area contributed by atoms with Crippen LogP contribution >= 0.6 is 0 Å². The highest BCUT2D eigenvalue weighted by molar-refractivity contribution is 7.89. The molecule has 0 radical (unpaired) electrons. The number of primary sulfonamides is 1. The van der Waals surface area contributed by atoms with E-state index in [1.54, 1.807) is 12.1 Å². The number of hydrogen-bond donors (Lipinski definition) is 3. The molecule has 2 aromatic carbocycles. The summed E-state index contributed by atoms with van der Waals surface area (Å²) >= 11 is 0. The molecule has 0 unspecified atom stereocenters. The number of carbonyl (C=O) groups is 2. The van der Waals surface area contributed by atoms with Crippen molar-refractivity contribution < 1.29 is 18.0 Å². The third kappa shape index (κ3) is 5.40. The molecule has 1 fully saturated rings. The molecule has 0 aromatic heterocycles. The van der Waals surface area contributed by atoms with Gasteiger partial charge in [0.1, 0.15) is 0 Å². The summed E-state index contributed by atoms with van der Waals surface area (Å²) in [5, 5.41) is 10.8. The molecule has 0 spiro atoms. The van der Waals surface area contributed by atoms with Crippen LogP contribution in [0.5, 0.6) is 0 Å². The van der Waals surface area contributed by atoms with Gasteiger partial charge in [-0.25, -0.2) is 13.6 Å². The summed E-state index contributed by atoms with van der Waals surface area (Å²) in [6.45, 7) is 0.335. The van der Waals surface area contributed by atoms with E-state index in [-0.39, 0.29) is 29.0 Å². The van der Waals surface area contributed by atoms with E-state index in [2.05, 4.69) is 10.6 Å². The number of anilines is 1. The molecule has 1 saturated carbocycles. The molecule has 0 heterocycles. The molecular weight excluding hydrogens is 378 g/mol. The number of nitrogens with two attached hydrogens (primary N) is 1. The predicted molar refractivity (Wildman–Crippen MR) is 106 cm³/mol. The van der Waals surface area contributed by atoms with Gasteiger partial charge in [-0.1, -0.05) is 30.7 Å². The lowest BCUT2D eigenvalue weighted by atomic mass is 9.85. The molecule has 0 bridgehead atoms. The molecule has 2 aromatic rings. The minimum Gasteiger partial charge on any atom is -0.352 e. The number of hydrogen-bond acceptors (Lipinski definition) is 4. The van der Waals surface area contributed by atoms with Crippen LogP contribution in [0.1, 0.15) is 30.4 Å². The first-order valence-corrected chi connectivity index (χ1v) is 10.6. The molecule has 1 aliphatic rings. The van der Waals surface area contributed by atoms with E-state index in [0.29, 0.717) is 12.1 Å². The highest BCUT2D eigenvalue weighted by Gasteiger charge is 2.25. The van der Waals surface area contributed by atoms with Crippen molar-refractivity contribution in [2.75, 3.05) is 5.32 Å². The average Bonchev–Trinajstić information content (AvgIpc) is 2.58. The first-order chi connectivity index (χ1) is 13.3. The summed E-state index contributed by atoms with van der Waals surface area (Å²) in [5.74, 6) is -0.0216. The molecule has 7 nitrogen and oxygen atoms in total. The van der Waals surface area contributed by atoms with Crippen molar-refractivity contribution in [2.45, 2.75) is 37.1 Å². The van der Waals surface area contributed by atoms with Crippen molar-refractivity contribution >= 4 is 27.5 Å². The van der Waals surface area contributed by atoms with Gasteiger partial charge >= 0.3 is 0 Å². The Kier molecular flexibility index (Phi) is 6.11. The fraction of sp³-hybridized carbons (Fsp3) is 0.300. The lowest BCUT2D eigenvalue weighted by Gasteiger charge is -2.24. The molecule has 1 aliphatic carbocycles. The summed E-state index contributed by atoms with van der Waals surface area (Å²) in [5.41, 5.74) is 2.29. The molecule has 4 N–H and O–H groups in total. The first-order valence-electron chi connectivity index (χ1n) is 9.09. The molecule has 0 atom stereocenters. The second kappa shape index (κ2) is 8.53. The van der Waals surface area contributed by atoms with Crippen LogP contribution in [0.3, 0.4) is 0 Å². The normalized spacial score (nSPS) is 14.2. The first kappa shape index (κ1) is 20.0. The van der Waals surface area contributed by atoms with Crippen LogP contribution in [0, 0.1) is 5.92 Å². The van der Waals surface area contributed by atoms with E-state index in [1.807, 2.05) is 24.3 Å². The molecule has 28 heavy (non-hydrogen) atoms. The van der Waals surface area contributed by atoms with Crippen LogP contribution in [-0.2, 0) is 32.6 Å². The van der Waals surface area contributed by atoms with Crippen LogP contribution in [0.25, 0.3) is 0 Å². The summed E-state index contributed by atoms with van der Waals surface area (Å²) in [4.78, 5) is 24.2. The van der Waals surface area contributed by atoms with Crippen molar-refractivity contribution in [3.8, 4) is 0 Å². The standard InChI is InChI=1S/C20H23N3O4S/c21-28(26,27)18-9-7-14(8-10-18)12-19(24)22-13-15-3-1-6-17(11-15)23-20(25)16-4-2-5-16/h1,3,6-11,16H,2,4-5,12-13H2,(H,22,24)(H,23,25)(H2,21,26,27). The van der Waals surface area contributed by atoms with E-state index in [9.17, 15) is 18.0 Å². The topological polar surface area (TPSA) is 118 Å². The van der Waals surface area contributed by atoms with Gasteiger partial charge in [0.15, 0.2) is 0 Å². The number of carbonyl (C=O) groups excluding carboxylic acids is 2. The lowest BCUT2D eigenvalue weighted by Crippen LogP contribution is -2.28. The predicted octanol–water partition coefficient (Wildman–Crippen LogP) is 1.93. The van der Waals surface area contributed by atoms with Gasteiger partial charge in [-0.3, -0.25) is 9.59 Å². The zero-order valence-electron chi connectivity index (χ0n) is 15.4. The SMILES string of the molecule is NS(=O)(=O)c1ccc(CC(=O)NCc2cccc(NC(=O)C3CCC3)c2)cc1. The summed E-state index contributed by atoms with van der Waals surface area (Å²) < 4.78 is 22.5. The number of amides is 2. The smallest absolute Gasteiger partial charge is 0.238 e. The molecule has 2 amide bonds. The third-order valence-electron chi connectivity index (χ3n) is 4.78. The van der Waals surface area contributed by atoms with Crippen LogP contribution in [-0.4, -0.2) is 20.2 Å². The van der Waals surface area contributed by atoms with Crippen LogP contribution in [0.2, 0.25) is 0 Å². The molecule has 8 heteroatoms. The Morgan fingerprint density at radius 2 is 1.75 bits per heavy atom. The van der Waals surface area contributed by atoms with E-state index >= 15 is 0 Å². The van der Waals surface area contributed by atoms with Gasteiger partial charge in [0.2, 0.25) is 21.8 Å². The summed E-state index contributed by atoms with van der Waals surface area (Å²) in [7, 11) is -3.74. The zero-order valence-corrected chi connectivity index (χ0v) is 16.2. The van der Waals surface area contributed by atoms with Gasteiger partial charge in [-0.2, -0.15) is 0 Å². The fourth-order valence-electron chi connectivity index (χ4n) is 2.92. The molecule has 0 aliphatic heterocycles. The number of rotatable bonds is 7. The quantitative estimate of drug-likeness (QED) is 0.657. The van der Waals surface area contributed by atoms with Crippen LogP contribution in [0.15, 0.2) is 53.4 Å². The van der Waals surface area contributed by atoms with Gasteiger partial charge in [0.05, 0.1) is 11.3 Å². The van der Waals surface area contributed by atoms with Crippen molar-refractivity contribution in [2.24, 2.45) is 11.1 Å². The van der Waals surface area contributed by atoms with Crippen molar-refractivity contribution in [3.63, 3.8) is 0 Å². The minimum absolute atomic E-state index is 0.0115. The second-order valence-electron chi connectivity index (χ2n) is 6.96. The average molecular weight is 401 g/mol. The Bertz CT molecular complexity index is 967. The molecule has 148 valence electrons. The van der Waals surface area contributed by atoms with Crippen LogP contribution in [0.4, 0.5) is 5.69 Å². The molecular formula is C20H23N3O4S. The summed E-state index contributed by atoms with van der Waals surface area (Å²) in [6.07, 6.45) is 3.12. The third-order valence-corrected chi connectivity index (χ3v) is 5.71. The maximum Gasteiger partial charge on any atom is 0.238 e. The fourth-order valence-corrected chi connectivity index (χ4v) is 3.43. The number of benzene rings is 2. The lowest BCUT2D eigenvalue weighted by molar-refractivity contribution is -0.122. The second-order valence-corrected chi connectivity index (χ2v) is 8.52. The Labute approximate surface area is 164 Å². The van der Waals surface area contributed by atoms with Gasteiger partial charge in [-0.05, 0) is 48.2 Å². The van der Waals surface area contributed by atoms with Crippen molar-refractivity contribution in [3.05, 3.63) is 59.7 Å².